The lowest BCUT2D eigenvalue weighted by Gasteiger charge is -2.34. The standard InChI is InChI=1S/C20H23N3O2/c1-12-18(13(2)25-22-12)15-8-9-16-19-20(15)24-10-17(23(19)11-21-16)14-6-4-3-5-7-14/h8-9,11,14,17H,3-7,10H2,1-2H3. The average molecular weight is 337 g/mol. The van der Waals surface area contributed by atoms with Gasteiger partial charge in [-0.05, 0) is 44.7 Å². The van der Waals surface area contributed by atoms with Gasteiger partial charge in [0.1, 0.15) is 17.9 Å². The molecule has 5 heteroatoms. The first-order valence-corrected chi connectivity index (χ1v) is 9.29. The number of ether oxygens (including phenoxy) is 1. The quantitative estimate of drug-likeness (QED) is 0.672. The van der Waals surface area contributed by atoms with Crippen molar-refractivity contribution in [3.05, 3.63) is 29.9 Å². The number of nitrogens with zero attached hydrogens (tertiary/aromatic N) is 3. The third-order valence-electron chi connectivity index (χ3n) is 5.94. The first-order chi connectivity index (χ1) is 12.2. The summed E-state index contributed by atoms with van der Waals surface area (Å²) in [5, 5.41) is 4.11. The number of imidazole rings is 1. The second-order valence-electron chi connectivity index (χ2n) is 7.44. The molecule has 1 aliphatic carbocycles. The summed E-state index contributed by atoms with van der Waals surface area (Å²) in [4.78, 5) is 4.65. The van der Waals surface area contributed by atoms with Gasteiger partial charge in [0.15, 0.2) is 5.75 Å². The van der Waals surface area contributed by atoms with E-state index in [4.69, 9.17) is 9.26 Å². The molecule has 5 rings (SSSR count). The second-order valence-corrected chi connectivity index (χ2v) is 7.44. The van der Waals surface area contributed by atoms with E-state index in [0.29, 0.717) is 12.0 Å². The van der Waals surface area contributed by atoms with Gasteiger partial charge in [-0.3, -0.25) is 0 Å². The van der Waals surface area contributed by atoms with Gasteiger partial charge in [0.2, 0.25) is 0 Å². The van der Waals surface area contributed by atoms with Crippen LogP contribution in [0, 0.1) is 19.8 Å². The van der Waals surface area contributed by atoms with Crippen LogP contribution in [0.1, 0.15) is 49.6 Å². The molecule has 3 heterocycles. The van der Waals surface area contributed by atoms with Crippen molar-refractivity contribution in [2.45, 2.75) is 52.0 Å². The Bertz CT molecular complexity index is 914. The van der Waals surface area contributed by atoms with Crippen LogP contribution in [0.15, 0.2) is 23.0 Å². The molecule has 0 amide bonds. The molecule has 5 nitrogen and oxygen atoms in total. The number of hydrogen-bond acceptors (Lipinski definition) is 4. The molecule has 1 aromatic carbocycles. The Morgan fingerprint density at radius 2 is 1.96 bits per heavy atom. The predicted octanol–water partition coefficient (Wildman–Crippen LogP) is 4.82. The van der Waals surface area contributed by atoms with E-state index in [0.717, 1.165) is 46.0 Å². The first-order valence-electron chi connectivity index (χ1n) is 9.29. The summed E-state index contributed by atoms with van der Waals surface area (Å²) in [7, 11) is 0. The fourth-order valence-electron chi connectivity index (χ4n) is 4.69. The Labute approximate surface area is 147 Å². The number of rotatable bonds is 2. The molecule has 0 saturated heterocycles. The van der Waals surface area contributed by atoms with Crippen molar-refractivity contribution in [3.63, 3.8) is 0 Å². The van der Waals surface area contributed by atoms with E-state index >= 15 is 0 Å². The Hall–Kier alpha value is -2.30. The normalized spacial score (nSPS) is 20.8. The minimum absolute atomic E-state index is 0.401. The number of benzene rings is 1. The van der Waals surface area contributed by atoms with Crippen LogP contribution in [0.3, 0.4) is 0 Å². The maximum atomic E-state index is 6.35. The van der Waals surface area contributed by atoms with Crippen LogP contribution in [-0.2, 0) is 0 Å². The summed E-state index contributed by atoms with van der Waals surface area (Å²) in [6.45, 7) is 4.66. The monoisotopic (exact) mass is 337 g/mol. The Morgan fingerprint density at radius 1 is 1.12 bits per heavy atom. The van der Waals surface area contributed by atoms with E-state index in [9.17, 15) is 0 Å². The molecule has 1 atom stereocenters. The lowest BCUT2D eigenvalue weighted by molar-refractivity contribution is 0.158. The minimum Gasteiger partial charge on any atom is -0.488 e. The van der Waals surface area contributed by atoms with Gasteiger partial charge in [-0.1, -0.05) is 24.4 Å². The van der Waals surface area contributed by atoms with Crippen molar-refractivity contribution in [2.24, 2.45) is 5.92 Å². The molecular formula is C20H23N3O2. The van der Waals surface area contributed by atoms with E-state index in [1.165, 1.54) is 32.1 Å². The van der Waals surface area contributed by atoms with Crippen LogP contribution in [0.2, 0.25) is 0 Å². The summed E-state index contributed by atoms with van der Waals surface area (Å²) in [5.41, 5.74) is 5.14. The van der Waals surface area contributed by atoms with Gasteiger partial charge in [0.05, 0.1) is 29.1 Å². The molecule has 130 valence electrons. The molecule has 1 fully saturated rings. The fourth-order valence-corrected chi connectivity index (χ4v) is 4.69. The summed E-state index contributed by atoms with van der Waals surface area (Å²) >= 11 is 0. The Kier molecular flexibility index (Phi) is 3.37. The molecule has 1 unspecified atom stereocenters. The maximum Gasteiger partial charge on any atom is 0.153 e. The highest BCUT2D eigenvalue weighted by atomic mass is 16.5. The van der Waals surface area contributed by atoms with Gasteiger partial charge in [0, 0.05) is 5.56 Å². The highest BCUT2D eigenvalue weighted by Gasteiger charge is 2.32. The summed E-state index contributed by atoms with van der Waals surface area (Å²) in [5.74, 6) is 2.45. The highest BCUT2D eigenvalue weighted by molar-refractivity contribution is 5.92. The van der Waals surface area contributed by atoms with Crippen molar-refractivity contribution in [1.29, 1.82) is 0 Å². The molecule has 1 saturated carbocycles. The summed E-state index contributed by atoms with van der Waals surface area (Å²) in [6, 6.07) is 4.57. The van der Waals surface area contributed by atoms with Crippen LogP contribution in [0.4, 0.5) is 0 Å². The van der Waals surface area contributed by atoms with E-state index in [1.54, 1.807) is 0 Å². The van der Waals surface area contributed by atoms with Crippen molar-refractivity contribution < 1.29 is 9.26 Å². The third kappa shape index (κ3) is 2.21. The summed E-state index contributed by atoms with van der Waals surface area (Å²) < 4.78 is 14.1. The largest absolute Gasteiger partial charge is 0.488 e. The lowest BCUT2D eigenvalue weighted by atomic mass is 9.83. The molecule has 2 aliphatic rings. The van der Waals surface area contributed by atoms with E-state index < -0.39 is 0 Å². The summed E-state index contributed by atoms with van der Waals surface area (Å²) in [6.07, 6.45) is 8.65. The van der Waals surface area contributed by atoms with Gasteiger partial charge >= 0.3 is 0 Å². The van der Waals surface area contributed by atoms with Gasteiger partial charge in [-0.25, -0.2) is 4.98 Å². The Morgan fingerprint density at radius 3 is 2.72 bits per heavy atom. The van der Waals surface area contributed by atoms with Crippen LogP contribution < -0.4 is 4.74 Å². The lowest BCUT2D eigenvalue weighted by Crippen LogP contribution is -2.29. The molecule has 1 aliphatic heterocycles. The average Bonchev–Trinajstić information content (AvgIpc) is 3.22. The van der Waals surface area contributed by atoms with Crippen molar-refractivity contribution >= 4 is 11.0 Å². The number of hydrogen-bond donors (Lipinski definition) is 0. The van der Waals surface area contributed by atoms with E-state index in [1.807, 2.05) is 20.2 Å². The zero-order valence-electron chi connectivity index (χ0n) is 14.8. The smallest absolute Gasteiger partial charge is 0.153 e. The Balaban J connectivity index is 1.67. The van der Waals surface area contributed by atoms with Crippen molar-refractivity contribution in [2.75, 3.05) is 6.61 Å². The third-order valence-corrected chi connectivity index (χ3v) is 5.94. The minimum atomic E-state index is 0.401. The number of aromatic nitrogens is 3. The molecule has 2 aromatic heterocycles. The molecule has 0 spiro atoms. The molecular weight excluding hydrogens is 314 g/mol. The van der Waals surface area contributed by atoms with Gasteiger partial charge < -0.3 is 13.8 Å². The van der Waals surface area contributed by atoms with Gasteiger partial charge in [-0.2, -0.15) is 0 Å². The first kappa shape index (κ1) is 15.0. The van der Waals surface area contributed by atoms with Gasteiger partial charge in [0.25, 0.3) is 0 Å². The van der Waals surface area contributed by atoms with Crippen LogP contribution in [0.5, 0.6) is 5.75 Å². The maximum absolute atomic E-state index is 6.35. The van der Waals surface area contributed by atoms with Crippen LogP contribution in [-0.4, -0.2) is 21.3 Å². The predicted molar refractivity (Wildman–Crippen MR) is 95.8 cm³/mol. The van der Waals surface area contributed by atoms with Crippen LogP contribution >= 0.6 is 0 Å². The number of aryl methyl sites for hydroxylation is 2. The van der Waals surface area contributed by atoms with E-state index in [2.05, 4.69) is 26.8 Å². The molecule has 25 heavy (non-hydrogen) atoms. The zero-order valence-corrected chi connectivity index (χ0v) is 14.8. The SMILES string of the molecule is Cc1noc(C)c1-c1ccc2ncn3c2c1OCC3C1CCCCC1. The zero-order chi connectivity index (χ0) is 17.0. The molecule has 3 aromatic rings. The van der Waals surface area contributed by atoms with E-state index in [-0.39, 0.29) is 0 Å². The van der Waals surface area contributed by atoms with Crippen LogP contribution in [0.25, 0.3) is 22.2 Å². The molecule has 0 bridgehead atoms. The van der Waals surface area contributed by atoms with Crippen molar-refractivity contribution in [1.82, 2.24) is 14.7 Å². The molecule has 0 N–H and O–H groups in total. The topological polar surface area (TPSA) is 53.1 Å². The highest BCUT2D eigenvalue weighted by Crippen LogP contribution is 2.45. The van der Waals surface area contributed by atoms with Gasteiger partial charge in [-0.15, -0.1) is 0 Å². The van der Waals surface area contributed by atoms with Crippen molar-refractivity contribution in [3.8, 4) is 16.9 Å². The molecule has 0 radical (unpaired) electrons. The fraction of sp³-hybridized carbons (Fsp3) is 0.500. The second kappa shape index (κ2) is 5.61.